The maximum atomic E-state index is 10.2. The topological polar surface area (TPSA) is 46.2 Å². The van der Waals surface area contributed by atoms with E-state index in [2.05, 4.69) is 0 Å². The summed E-state index contributed by atoms with van der Waals surface area (Å²) >= 11 is 7.45. The quantitative estimate of drug-likeness (QED) is 0.795. The van der Waals surface area contributed by atoms with E-state index in [-0.39, 0.29) is 0 Å². The van der Waals surface area contributed by atoms with Crippen LogP contribution in [-0.2, 0) is 12.0 Å². The van der Waals surface area contributed by atoms with Crippen LogP contribution in [0.3, 0.4) is 0 Å². The van der Waals surface area contributed by atoms with E-state index >= 15 is 0 Å². The molecule has 1 unspecified atom stereocenters. The summed E-state index contributed by atoms with van der Waals surface area (Å²) in [7, 11) is 0. The molecule has 1 aromatic heterocycles. The molecule has 0 saturated heterocycles. The second-order valence-corrected chi connectivity index (χ2v) is 5.23. The first kappa shape index (κ1) is 9.46. The maximum absolute atomic E-state index is 10.2. The van der Waals surface area contributed by atoms with Gasteiger partial charge >= 0.3 is 0 Å². The van der Waals surface area contributed by atoms with Crippen molar-refractivity contribution in [3.8, 4) is 0 Å². The monoisotopic (exact) mass is 217 g/mol. The molecule has 1 aliphatic rings. The smallest absolute Gasteiger partial charge is 0.0935 e. The lowest BCUT2D eigenvalue weighted by Crippen LogP contribution is -2.25. The van der Waals surface area contributed by atoms with E-state index in [1.807, 2.05) is 6.07 Å². The number of nitrogens with two attached hydrogens (primary N) is 1. The molecule has 0 fully saturated rings. The molecule has 2 rings (SSSR count). The van der Waals surface area contributed by atoms with Gasteiger partial charge in [0.05, 0.1) is 9.94 Å². The number of thiophene rings is 1. The van der Waals surface area contributed by atoms with Crippen LogP contribution in [0.25, 0.3) is 0 Å². The third-order valence-electron chi connectivity index (χ3n) is 2.60. The third kappa shape index (κ3) is 1.50. The van der Waals surface area contributed by atoms with E-state index in [1.54, 1.807) is 11.3 Å². The molecule has 4 heteroatoms. The first-order valence-electron chi connectivity index (χ1n) is 4.37. The van der Waals surface area contributed by atoms with Crippen molar-refractivity contribution in [2.24, 2.45) is 5.73 Å². The fraction of sp³-hybridized carbons (Fsp3) is 0.556. The molecule has 13 heavy (non-hydrogen) atoms. The van der Waals surface area contributed by atoms with Gasteiger partial charge in [-0.05, 0) is 37.4 Å². The highest BCUT2D eigenvalue weighted by Gasteiger charge is 2.37. The van der Waals surface area contributed by atoms with Gasteiger partial charge in [0, 0.05) is 4.88 Å². The summed E-state index contributed by atoms with van der Waals surface area (Å²) in [4.78, 5) is 1.22. The summed E-state index contributed by atoms with van der Waals surface area (Å²) in [6.07, 6.45) is 2.36. The van der Waals surface area contributed by atoms with E-state index < -0.39 is 5.60 Å². The van der Waals surface area contributed by atoms with Crippen LogP contribution >= 0.6 is 22.9 Å². The molecule has 0 aliphatic heterocycles. The van der Waals surface area contributed by atoms with Crippen LogP contribution in [0.15, 0.2) is 6.07 Å². The zero-order valence-corrected chi connectivity index (χ0v) is 8.79. The van der Waals surface area contributed by atoms with E-state index in [0.29, 0.717) is 13.0 Å². The minimum Gasteiger partial charge on any atom is -0.385 e. The van der Waals surface area contributed by atoms with Gasteiger partial charge in [-0.2, -0.15) is 0 Å². The van der Waals surface area contributed by atoms with Crippen molar-refractivity contribution >= 4 is 22.9 Å². The van der Waals surface area contributed by atoms with Crippen LogP contribution in [0.1, 0.15) is 23.3 Å². The largest absolute Gasteiger partial charge is 0.385 e. The highest BCUT2D eigenvalue weighted by Crippen LogP contribution is 2.44. The van der Waals surface area contributed by atoms with Gasteiger partial charge in [0.25, 0.3) is 0 Å². The Kier molecular flexibility index (Phi) is 2.36. The van der Waals surface area contributed by atoms with Crippen LogP contribution in [0, 0.1) is 0 Å². The van der Waals surface area contributed by atoms with Crippen LogP contribution in [0.5, 0.6) is 0 Å². The van der Waals surface area contributed by atoms with Crippen LogP contribution < -0.4 is 5.73 Å². The summed E-state index contributed by atoms with van der Waals surface area (Å²) in [5.74, 6) is 0. The predicted molar refractivity (Wildman–Crippen MR) is 55.2 cm³/mol. The Morgan fingerprint density at radius 2 is 2.46 bits per heavy atom. The maximum Gasteiger partial charge on any atom is 0.0935 e. The summed E-state index contributed by atoms with van der Waals surface area (Å²) in [6.45, 7) is 0.517. The zero-order chi connectivity index (χ0) is 9.47. The first-order chi connectivity index (χ1) is 6.15. The molecule has 0 spiro atoms. The van der Waals surface area contributed by atoms with Crippen molar-refractivity contribution in [3.05, 3.63) is 20.8 Å². The Hall–Kier alpha value is -0.0900. The average molecular weight is 218 g/mol. The molecule has 1 atom stereocenters. The van der Waals surface area contributed by atoms with Crippen molar-refractivity contribution < 1.29 is 5.11 Å². The average Bonchev–Trinajstić information content (AvgIpc) is 2.54. The van der Waals surface area contributed by atoms with Crippen molar-refractivity contribution in [1.29, 1.82) is 0 Å². The molecule has 3 N–H and O–H groups in total. The van der Waals surface area contributed by atoms with E-state index in [9.17, 15) is 5.11 Å². The lowest BCUT2D eigenvalue weighted by Gasteiger charge is -2.21. The molecule has 2 nitrogen and oxygen atoms in total. The molecule has 1 aliphatic carbocycles. The molecular weight excluding hydrogens is 206 g/mol. The van der Waals surface area contributed by atoms with Crippen LogP contribution in [0.4, 0.5) is 0 Å². The Morgan fingerprint density at radius 1 is 1.69 bits per heavy atom. The first-order valence-corrected chi connectivity index (χ1v) is 5.56. The number of hydrogen-bond donors (Lipinski definition) is 2. The van der Waals surface area contributed by atoms with Crippen LogP contribution in [-0.4, -0.2) is 11.7 Å². The Morgan fingerprint density at radius 3 is 3.15 bits per heavy atom. The second kappa shape index (κ2) is 3.24. The summed E-state index contributed by atoms with van der Waals surface area (Å²) in [5, 5.41) is 10.2. The lowest BCUT2D eigenvalue weighted by atomic mass is 9.94. The number of hydrogen-bond acceptors (Lipinski definition) is 3. The Labute approximate surface area is 86.3 Å². The van der Waals surface area contributed by atoms with Crippen molar-refractivity contribution in [1.82, 2.24) is 0 Å². The lowest BCUT2D eigenvalue weighted by molar-refractivity contribution is 0.0321. The van der Waals surface area contributed by atoms with Crippen molar-refractivity contribution in [2.75, 3.05) is 6.54 Å². The normalized spacial score (nSPS) is 26.4. The van der Waals surface area contributed by atoms with Gasteiger partial charge < -0.3 is 10.8 Å². The fourth-order valence-corrected chi connectivity index (χ4v) is 3.29. The number of halogens is 1. The van der Waals surface area contributed by atoms with Gasteiger partial charge in [-0.25, -0.2) is 0 Å². The Bertz CT molecular complexity index is 325. The second-order valence-electron chi connectivity index (χ2n) is 3.46. The number of aliphatic hydroxyl groups is 1. The number of rotatable bonds is 2. The molecule has 0 aromatic carbocycles. The molecule has 0 saturated carbocycles. The summed E-state index contributed by atoms with van der Waals surface area (Å²) in [5.41, 5.74) is 5.77. The standard InChI is InChI=1S/C9H12ClNOS/c10-8-5-6-7(13-8)1-2-9(6,12)3-4-11/h5,12H,1-4,11H2. The zero-order valence-electron chi connectivity index (χ0n) is 7.22. The van der Waals surface area contributed by atoms with Gasteiger partial charge in [0.15, 0.2) is 0 Å². The van der Waals surface area contributed by atoms with Crippen LogP contribution in [0.2, 0.25) is 4.34 Å². The Balaban J connectivity index is 2.35. The molecular formula is C9H12ClNOS. The minimum atomic E-state index is -0.701. The molecule has 0 bridgehead atoms. The highest BCUT2D eigenvalue weighted by atomic mass is 35.5. The minimum absolute atomic E-state index is 0.517. The fourth-order valence-electron chi connectivity index (χ4n) is 1.93. The summed E-state index contributed by atoms with van der Waals surface area (Å²) in [6, 6.07) is 1.88. The number of fused-ring (bicyclic) bond motifs is 1. The molecule has 72 valence electrons. The van der Waals surface area contributed by atoms with Gasteiger partial charge in [-0.1, -0.05) is 11.6 Å². The van der Waals surface area contributed by atoms with Crippen molar-refractivity contribution in [2.45, 2.75) is 24.9 Å². The molecule has 1 aromatic rings. The van der Waals surface area contributed by atoms with Crippen molar-refractivity contribution in [3.63, 3.8) is 0 Å². The van der Waals surface area contributed by atoms with Gasteiger partial charge in [-0.3, -0.25) is 0 Å². The third-order valence-corrected chi connectivity index (χ3v) is 3.93. The summed E-state index contributed by atoms with van der Waals surface area (Å²) < 4.78 is 0.764. The van der Waals surface area contributed by atoms with Gasteiger partial charge in [0.1, 0.15) is 0 Å². The van der Waals surface area contributed by atoms with Gasteiger partial charge in [0.2, 0.25) is 0 Å². The SMILES string of the molecule is NCCC1(O)CCc2sc(Cl)cc21. The molecule has 0 radical (unpaired) electrons. The van der Waals surface area contributed by atoms with E-state index in [1.165, 1.54) is 4.88 Å². The predicted octanol–water partition coefficient (Wildman–Crippen LogP) is 1.88. The van der Waals surface area contributed by atoms with E-state index in [4.69, 9.17) is 17.3 Å². The number of aryl methyl sites for hydroxylation is 1. The van der Waals surface area contributed by atoms with Gasteiger partial charge in [-0.15, -0.1) is 11.3 Å². The highest BCUT2D eigenvalue weighted by molar-refractivity contribution is 7.16. The molecule has 1 heterocycles. The molecule has 0 amide bonds. The van der Waals surface area contributed by atoms with E-state index in [0.717, 1.165) is 22.7 Å².